The highest BCUT2D eigenvalue weighted by Gasteiger charge is 2.22. The van der Waals surface area contributed by atoms with E-state index in [9.17, 15) is 13.2 Å². The quantitative estimate of drug-likeness (QED) is 0.554. The number of hydrogen-bond acceptors (Lipinski definition) is 9. The first-order valence-electron chi connectivity index (χ1n) is 6.71. The van der Waals surface area contributed by atoms with Crippen LogP contribution in [-0.4, -0.2) is 43.5 Å². The van der Waals surface area contributed by atoms with E-state index in [4.69, 9.17) is 9.47 Å². The van der Waals surface area contributed by atoms with Gasteiger partial charge >= 0.3 is 16.3 Å². The largest absolute Gasteiger partial charge is 0.504 e. The Labute approximate surface area is 143 Å². The van der Waals surface area contributed by atoms with Gasteiger partial charge in [0.2, 0.25) is 0 Å². The van der Waals surface area contributed by atoms with Crippen LogP contribution in [0.3, 0.4) is 0 Å². The van der Waals surface area contributed by atoms with Crippen LogP contribution in [-0.2, 0) is 24.0 Å². The van der Waals surface area contributed by atoms with Gasteiger partial charge in [0.1, 0.15) is 18.4 Å². The third-order valence-corrected chi connectivity index (χ3v) is 3.64. The van der Waals surface area contributed by atoms with Gasteiger partial charge in [-0.1, -0.05) is 18.2 Å². The Morgan fingerprint density at radius 1 is 1.16 bits per heavy atom. The molecule has 0 aliphatic rings. The number of benzene rings is 1. The SMILES string of the molecule is CO/C=C(/C(=O)NS(=O)(=O)OC)c1ccccc1Oc1ncncn1. The lowest BCUT2D eigenvalue weighted by Gasteiger charge is -2.12. The van der Waals surface area contributed by atoms with E-state index in [1.807, 2.05) is 0 Å². The molecule has 0 bridgehead atoms. The van der Waals surface area contributed by atoms with E-state index in [0.29, 0.717) is 0 Å². The molecule has 10 nitrogen and oxygen atoms in total. The summed E-state index contributed by atoms with van der Waals surface area (Å²) in [6, 6.07) is 6.40. The average Bonchev–Trinajstić information content (AvgIpc) is 2.61. The highest BCUT2D eigenvalue weighted by atomic mass is 32.2. The van der Waals surface area contributed by atoms with Gasteiger partial charge in [0.25, 0.3) is 5.91 Å². The maximum Gasteiger partial charge on any atom is 0.362 e. The predicted octanol–water partition coefficient (Wildman–Crippen LogP) is 0.659. The lowest BCUT2D eigenvalue weighted by atomic mass is 10.1. The molecule has 0 fully saturated rings. The smallest absolute Gasteiger partial charge is 0.362 e. The van der Waals surface area contributed by atoms with Crippen LogP contribution in [0.15, 0.2) is 43.2 Å². The zero-order chi connectivity index (χ0) is 18.3. The lowest BCUT2D eigenvalue weighted by molar-refractivity contribution is -0.114. The molecule has 1 amide bonds. The van der Waals surface area contributed by atoms with Gasteiger partial charge in [-0.2, -0.15) is 18.4 Å². The number of methoxy groups -OCH3 is 1. The zero-order valence-corrected chi connectivity index (χ0v) is 14.1. The number of nitrogens with one attached hydrogen (secondary N) is 1. The molecule has 0 atom stereocenters. The van der Waals surface area contributed by atoms with Crippen LogP contribution in [0.4, 0.5) is 0 Å². The molecular formula is C14H14N4O6S. The first-order chi connectivity index (χ1) is 12.0. The van der Waals surface area contributed by atoms with E-state index in [0.717, 1.165) is 13.4 Å². The molecule has 0 saturated heterocycles. The molecule has 0 saturated carbocycles. The molecule has 0 radical (unpaired) electrons. The Bertz CT molecular complexity index is 870. The van der Waals surface area contributed by atoms with Crippen molar-refractivity contribution in [2.45, 2.75) is 0 Å². The number of rotatable bonds is 7. The first-order valence-corrected chi connectivity index (χ1v) is 8.12. The molecule has 2 aromatic rings. The molecule has 0 unspecified atom stereocenters. The van der Waals surface area contributed by atoms with Crippen molar-refractivity contribution in [1.29, 1.82) is 0 Å². The van der Waals surface area contributed by atoms with Crippen molar-refractivity contribution in [3.8, 4) is 11.8 Å². The minimum Gasteiger partial charge on any atom is -0.504 e. The van der Waals surface area contributed by atoms with Crippen molar-refractivity contribution in [3.63, 3.8) is 0 Å². The zero-order valence-electron chi connectivity index (χ0n) is 13.2. The maximum absolute atomic E-state index is 12.3. The number of carbonyl (C=O) groups excluding carboxylic acids is 1. The lowest BCUT2D eigenvalue weighted by Crippen LogP contribution is -2.32. The summed E-state index contributed by atoms with van der Waals surface area (Å²) in [6.07, 6.45) is 3.57. The van der Waals surface area contributed by atoms with Gasteiger partial charge < -0.3 is 9.47 Å². The molecule has 2 rings (SSSR count). The topological polar surface area (TPSA) is 130 Å². The van der Waals surface area contributed by atoms with Crippen molar-refractivity contribution in [1.82, 2.24) is 19.7 Å². The first kappa shape index (κ1) is 18.3. The molecule has 1 aromatic carbocycles. The van der Waals surface area contributed by atoms with Gasteiger partial charge in [-0.05, 0) is 6.07 Å². The fourth-order valence-corrected chi connectivity index (χ4v) is 2.15. The summed E-state index contributed by atoms with van der Waals surface area (Å²) in [5.74, 6) is -0.752. The molecule has 0 aliphatic heterocycles. The number of nitrogens with zero attached hydrogens (tertiary/aromatic N) is 3. The number of carbonyl (C=O) groups is 1. The number of amides is 1. The second kappa shape index (κ2) is 8.17. The summed E-state index contributed by atoms with van der Waals surface area (Å²) in [4.78, 5) is 23.6. The average molecular weight is 366 g/mol. The monoisotopic (exact) mass is 366 g/mol. The number of hydrogen-bond donors (Lipinski definition) is 1. The van der Waals surface area contributed by atoms with Crippen molar-refractivity contribution in [2.24, 2.45) is 0 Å². The summed E-state index contributed by atoms with van der Waals surface area (Å²) < 4.78 is 39.3. The summed E-state index contributed by atoms with van der Waals surface area (Å²) in [7, 11) is -1.99. The highest BCUT2D eigenvalue weighted by molar-refractivity contribution is 7.85. The van der Waals surface area contributed by atoms with Crippen LogP contribution in [0.25, 0.3) is 5.57 Å². The second-order valence-electron chi connectivity index (χ2n) is 4.34. The Hall–Kier alpha value is -3.05. The fraction of sp³-hybridized carbons (Fsp3) is 0.143. The Kier molecular flexibility index (Phi) is 5.98. The van der Waals surface area contributed by atoms with Gasteiger partial charge in [-0.25, -0.2) is 9.71 Å². The van der Waals surface area contributed by atoms with Crippen LogP contribution in [0.1, 0.15) is 5.56 Å². The maximum atomic E-state index is 12.3. The van der Waals surface area contributed by atoms with Crippen LogP contribution < -0.4 is 9.46 Å². The molecular weight excluding hydrogens is 352 g/mol. The molecule has 1 aromatic heterocycles. The Morgan fingerprint density at radius 3 is 2.48 bits per heavy atom. The van der Waals surface area contributed by atoms with Gasteiger partial charge in [0.05, 0.1) is 26.1 Å². The van der Waals surface area contributed by atoms with Crippen LogP contribution in [0.2, 0.25) is 0 Å². The number of aromatic nitrogens is 3. The summed E-state index contributed by atoms with van der Waals surface area (Å²) >= 11 is 0. The van der Waals surface area contributed by atoms with Gasteiger partial charge in [0.15, 0.2) is 0 Å². The molecule has 25 heavy (non-hydrogen) atoms. The Morgan fingerprint density at radius 2 is 1.84 bits per heavy atom. The van der Waals surface area contributed by atoms with Crippen molar-refractivity contribution < 1.29 is 26.9 Å². The van der Waals surface area contributed by atoms with Gasteiger partial charge in [0, 0.05) is 5.56 Å². The summed E-state index contributed by atoms with van der Waals surface area (Å²) in [5.41, 5.74) is 0.154. The van der Waals surface area contributed by atoms with Crippen molar-refractivity contribution in [3.05, 3.63) is 48.7 Å². The highest BCUT2D eigenvalue weighted by Crippen LogP contribution is 2.29. The molecule has 0 spiro atoms. The van der Waals surface area contributed by atoms with Crippen molar-refractivity contribution >= 4 is 21.8 Å². The normalized spacial score (nSPS) is 11.7. The Balaban J connectivity index is 2.39. The van der Waals surface area contributed by atoms with Gasteiger partial charge in [-0.15, -0.1) is 0 Å². The van der Waals surface area contributed by atoms with Crippen LogP contribution in [0.5, 0.6) is 11.8 Å². The molecule has 0 aliphatic carbocycles. The van der Waals surface area contributed by atoms with E-state index in [-0.39, 0.29) is 22.9 Å². The number of para-hydroxylation sites is 1. The second-order valence-corrected chi connectivity index (χ2v) is 5.78. The minimum absolute atomic E-state index is 0.00383. The third-order valence-electron chi connectivity index (χ3n) is 2.77. The van der Waals surface area contributed by atoms with E-state index in [1.165, 1.54) is 19.8 Å². The van der Waals surface area contributed by atoms with E-state index in [2.05, 4.69) is 19.1 Å². The van der Waals surface area contributed by atoms with E-state index < -0.39 is 16.2 Å². The third kappa shape index (κ3) is 4.96. The fourth-order valence-electron chi connectivity index (χ4n) is 1.73. The van der Waals surface area contributed by atoms with E-state index >= 15 is 0 Å². The molecule has 132 valence electrons. The van der Waals surface area contributed by atoms with Crippen LogP contribution >= 0.6 is 0 Å². The van der Waals surface area contributed by atoms with Gasteiger partial charge in [-0.3, -0.25) is 8.98 Å². The minimum atomic E-state index is -4.23. The molecule has 1 N–H and O–H groups in total. The molecule has 11 heteroatoms. The van der Waals surface area contributed by atoms with Crippen LogP contribution in [0, 0.1) is 0 Å². The summed E-state index contributed by atoms with van der Waals surface area (Å²) in [5, 5.41) is 0. The summed E-state index contributed by atoms with van der Waals surface area (Å²) in [6.45, 7) is 0. The number of ether oxygens (including phenoxy) is 2. The van der Waals surface area contributed by atoms with E-state index in [1.54, 1.807) is 29.0 Å². The predicted molar refractivity (Wildman–Crippen MR) is 85.4 cm³/mol. The molecule has 1 heterocycles. The van der Waals surface area contributed by atoms with Crippen molar-refractivity contribution in [2.75, 3.05) is 14.2 Å². The standard InChI is InChI=1S/C14H14N4O6S/c1-22-7-11(13(19)18-25(20,21)23-2)10-5-3-4-6-12(10)24-14-16-8-15-9-17-14/h3-9H,1-2H3,(H,18,19)/b11-7+.